The van der Waals surface area contributed by atoms with E-state index >= 15 is 0 Å². The van der Waals surface area contributed by atoms with E-state index in [0.717, 1.165) is 23.0 Å². The molecule has 1 unspecified atom stereocenters. The topological polar surface area (TPSA) is 24.9 Å². The number of halogens is 1. The van der Waals surface area contributed by atoms with Gasteiger partial charge in [-0.2, -0.15) is 0 Å². The Morgan fingerprint density at radius 3 is 2.83 bits per heavy atom. The van der Waals surface area contributed by atoms with Crippen molar-refractivity contribution in [2.45, 2.75) is 26.3 Å². The van der Waals surface area contributed by atoms with E-state index in [0.29, 0.717) is 6.04 Å². The second-order valence-corrected chi connectivity index (χ2v) is 5.97. The molecule has 0 aliphatic heterocycles. The van der Waals surface area contributed by atoms with Crippen LogP contribution in [0.3, 0.4) is 0 Å². The van der Waals surface area contributed by atoms with Gasteiger partial charge in [-0.05, 0) is 37.2 Å². The van der Waals surface area contributed by atoms with Gasteiger partial charge in [0.2, 0.25) is 0 Å². The molecular weight excluding hydrogens is 264 g/mol. The van der Waals surface area contributed by atoms with Crippen molar-refractivity contribution in [1.29, 1.82) is 0 Å². The van der Waals surface area contributed by atoms with Gasteiger partial charge in [0.1, 0.15) is 0 Å². The molecule has 0 radical (unpaired) electrons. The fraction of sp³-hybridized carbons (Fsp3) is 0.357. The third kappa shape index (κ3) is 3.31. The van der Waals surface area contributed by atoms with Crippen LogP contribution in [0.4, 0.5) is 0 Å². The van der Waals surface area contributed by atoms with Crippen LogP contribution in [-0.4, -0.2) is 11.5 Å². The van der Waals surface area contributed by atoms with Gasteiger partial charge >= 0.3 is 0 Å². The summed E-state index contributed by atoms with van der Waals surface area (Å²) in [6.07, 6.45) is 2.75. The molecule has 0 fully saturated rings. The first kappa shape index (κ1) is 13.5. The van der Waals surface area contributed by atoms with Crippen LogP contribution in [0.1, 0.15) is 29.1 Å². The van der Waals surface area contributed by atoms with Gasteiger partial charge in [0, 0.05) is 29.2 Å². The van der Waals surface area contributed by atoms with Gasteiger partial charge < -0.3 is 5.32 Å². The number of thiophene rings is 1. The highest BCUT2D eigenvalue weighted by Crippen LogP contribution is 2.29. The molecule has 2 aromatic heterocycles. The second kappa shape index (κ2) is 6.32. The Morgan fingerprint density at radius 2 is 2.22 bits per heavy atom. The van der Waals surface area contributed by atoms with Crippen LogP contribution in [-0.2, 0) is 6.42 Å². The molecule has 96 valence electrons. The molecule has 0 spiro atoms. The van der Waals surface area contributed by atoms with Crippen LogP contribution < -0.4 is 5.32 Å². The van der Waals surface area contributed by atoms with E-state index in [4.69, 9.17) is 11.6 Å². The summed E-state index contributed by atoms with van der Waals surface area (Å²) in [7, 11) is 0. The highest BCUT2D eigenvalue weighted by atomic mass is 35.5. The Balaban J connectivity index is 2.19. The van der Waals surface area contributed by atoms with Gasteiger partial charge in [-0.25, -0.2) is 0 Å². The van der Waals surface area contributed by atoms with Crippen molar-refractivity contribution >= 4 is 22.9 Å². The minimum absolute atomic E-state index is 0.293. The zero-order chi connectivity index (χ0) is 13.0. The molecule has 0 saturated heterocycles. The standard InChI is InChI=1S/C14H17ClN2S/c1-3-16-12(13-6-7-14(15)18-13)9-11-10(2)5-4-8-17-11/h4-8,12,16H,3,9H2,1-2H3. The summed E-state index contributed by atoms with van der Waals surface area (Å²) in [6.45, 7) is 5.16. The number of aromatic nitrogens is 1. The molecule has 0 bridgehead atoms. The average molecular weight is 281 g/mol. The molecule has 2 rings (SSSR count). The Morgan fingerprint density at radius 1 is 1.39 bits per heavy atom. The molecule has 0 amide bonds. The summed E-state index contributed by atoms with van der Waals surface area (Å²) < 4.78 is 0.839. The van der Waals surface area contributed by atoms with Crippen molar-refractivity contribution in [1.82, 2.24) is 10.3 Å². The summed E-state index contributed by atoms with van der Waals surface area (Å²) in [5.41, 5.74) is 2.39. The van der Waals surface area contributed by atoms with Gasteiger partial charge in [-0.1, -0.05) is 24.6 Å². The summed E-state index contributed by atoms with van der Waals surface area (Å²) in [5.74, 6) is 0. The lowest BCUT2D eigenvalue weighted by Crippen LogP contribution is -2.22. The summed E-state index contributed by atoms with van der Waals surface area (Å²) in [4.78, 5) is 5.73. The first-order chi connectivity index (χ1) is 8.70. The molecule has 0 aromatic carbocycles. The molecule has 2 aromatic rings. The quantitative estimate of drug-likeness (QED) is 0.895. The molecule has 0 saturated carbocycles. The van der Waals surface area contributed by atoms with Crippen molar-refractivity contribution in [2.75, 3.05) is 6.54 Å². The number of rotatable bonds is 5. The van der Waals surface area contributed by atoms with E-state index in [-0.39, 0.29) is 0 Å². The van der Waals surface area contributed by atoms with Crippen LogP contribution >= 0.6 is 22.9 Å². The number of nitrogens with zero attached hydrogens (tertiary/aromatic N) is 1. The summed E-state index contributed by atoms with van der Waals surface area (Å²) in [6, 6.07) is 8.42. The summed E-state index contributed by atoms with van der Waals surface area (Å²) in [5, 5.41) is 3.50. The Kier molecular flexibility index (Phi) is 4.75. The average Bonchev–Trinajstić information content (AvgIpc) is 2.78. The first-order valence-corrected chi connectivity index (χ1v) is 7.29. The van der Waals surface area contributed by atoms with Crippen molar-refractivity contribution in [3.8, 4) is 0 Å². The second-order valence-electron chi connectivity index (χ2n) is 4.22. The van der Waals surface area contributed by atoms with Gasteiger partial charge in [0.05, 0.1) is 4.34 Å². The number of likely N-dealkylation sites (N-methyl/N-ethyl adjacent to an activating group) is 1. The third-order valence-electron chi connectivity index (χ3n) is 2.90. The number of hydrogen-bond acceptors (Lipinski definition) is 3. The predicted molar refractivity (Wildman–Crippen MR) is 78.4 cm³/mol. The lowest BCUT2D eigenvalue weighted by Gasteiger charge is -2.17. The molecule has 2 nitrogen and oxygen atoms in total. The zero-order valence-electron chi connectivity index (χ0n) is 10.6. The molecule has 4 heteroatoms. The van der Waals surface area contributed by atoms with Crippen molar-refractivity contribution < 1.29 is 0 Å². The maximum Gasteiger partial charge on any atom is 0.0931 e. The van der Waals surface area contributed by atoms with Gasteiger partial charge in [0.15, 0.2) is 0 Å². The zero-order valence-corrected chi connectivity index (χ0v) is 12.2. The normalized spacial score (nSPS) is 12.6. The molecule has 1 N–H and O–H groups in total. The van der Waals surface area contributed by atoms with Gasteiger partial charge in [-0.15, -0.1) is 11.3 Å². The van der Waals surface area contributed by atoms with Crippen LogP contribution in [0, 0.1) is 6.92 Å². The fourth-order valence-electron chi connectivity index (χ4n) is 1.96. The molecule has 0 aliphatic rings. The largest absolute Gasteiger partial charge is 0.309 e. The van der Waals surface area contributed by atoms with Crippen LogP contribution in [0.2, 0.25) is 4.34 Å². The molecule has 0 aliphatic carbocycles. The minimum atomic E-state index is 0.293. The predicted octanol–water partition coefficient (Wildman–Crippen LogP) is 4.00. The Bertz CT molecular complexity index is 510. The summed E-state index contributed by atoms with van der Waals surface area (Å²) >= 11 is 7.65. The number of aryl methyl sites for hydroxylation is 1. The third-order valence-corrected chi connectivity index (χ3v) is 4.25. The van der Waals surface area contributed by atoms with E-state index in [1.165, 1.54) is 10.4 Å². The van der Waals surface area contributed by atoms with Gasteiger partial charge in [-0.3, -0.25) is 4.98 Å². The van der Waals surface area contributed by atoms with Crippen LogP contribution in [0.25, 0.3) is 0 Å². The van der Waals surface area contributed by atoms with Gasteiger partial charge in [0.25, 0.3) is 0 Å². The SMILES string of the molecule is CCNC(Cc1ncccc1C)c1ccc(Cl)s1. The Labute approximate surface area is 117 Å². The Hall–Kier alpha value is -0.900. The molecule has 18 heavy (non-hydrogen) atoms. The molecular formula is C14H17ClN2S. The van der Waals surface area contributed by atoms with E-state index < -0.39 is 0 Å². The monoisotopic (exact) mass is 280 g/mol. The lowest BCUT2D eigenvalue weighted by atomic mass is 10.1. The lowest BCUT2D eigenvalue weighted by molar-refractivity contribution is 0.551. The smallest absolute Gasteiger partial charge is 0.0931 e. The first-order valence-electron chi connectivity index (χ1n) is 6.09. The molecule has 1 atom stereocenters. The number of hydrogen-bond donors (Lipinski definition) is 1. The van der Waals surface area contributed by atoms with E-state index in [1.54, 1.807) is 11.3 Å². The number of pyridine rings is 1. The maximum atomic E-state index is 6.01. The van der Waals surface area contributed by atoms with E-state index in [9.17, 15) is 0 Å². The van der Waals surface area contributed by atoms with Crippen LogP contribution in [0.5, 0.6) is 0 Å². The highest BCUT2D eigenvalue weighted by molar-refractivity contribution is 7.16. The van der Waals surface area contributed by atoms with Crippen molar-refractivity contribution in [2.24, 2.45) is 0 Å². The maximum absolute atomic E-state index is 6.01. The highest BCUT2D eigenvalue weighted by Gasteiger charge is 2.15. The fourth-order valence-corrected chi connectivity index (χ4v) is 3.10. The van der Waals surface area contributed by atoms with E-state index in [2.05, 4.69) is 36.3 Å². The van der Waals surface area contributed by atoms with Crippen LogP contribution in [0.15, 0.2) is 30.5 Å². The number of nitrogens with one attached hydrogen (secondary N) is 1. The minimum Gasteiger partial charge on any atom is -0.309 e. The van der Waals surface area contributed by atoms with E-state index in [1.807, 2.05) is 18.3 Å². The van der Waals surface area contributed by atoms with Crippen molar-refractivity contribution in [3.63, 3.8) is 0 Å². The molecule has 2 heterocycles. The van der Waals surface area contributed by atoms with Crippen molar-refractivity contribution in [3.05, 3.63) is 50.9 Å².